The highest BCUT2D eigenvalue weighted by Crippen LogP contribution is 2.32. The Morgan fingerprint density at radius 1 is 1.00 bits per heavy atom. The van der Waals surface area contributed by atoms with E-state index in [1.165, 1.54) is 0 Å². The van der Waals surface area contributed by atoms with Crippen molar-refractivity contribution in [3.05, 3.63) is 65.9 Å². The number of nitrogens with one attached hydrogen (secondary N) is 1. The lowest BCUT2D eigenvalue weighted by Crippen LogP contribution is -2.30. The Morgan fingerprint density at radius 2 is 1.76 bits per heavy atom. The molecule has 0 spiro atoms. The lowest BCUT2D eigenvalue weighted by molar-refractivity contribution is -0.143. The van der Waals surface area contributed by atoms with Crippen LogP contribution in [0.3, 0.4) is 0 Å². The Morgan fingerprint density at radius 3 is 2.48 bits per heavy atom. The van der Waals surface area contributed by atoms with Crippen LogP contribution in [-0.2, 0) is 16.1 Å². The molecule has 0 saturated carbocycles. The number of rotatable bonds is 8. The van der Waals surface area contributed by atoms with Gasteiger partial charge >= 0.3 is 5.97 Å². The predicted octanol–water partition coefficient (Wildman–Crippen LogP) is 2.83. The number of esters is 1. The summed E-state index contributed by atoms with van der Waals surface area (Å²) in [7, 11) is 3.10. The second-order valence-electron chi connectivity index (χ2n) is 5.96. The van der Waals surface area contributed by atoms with Crippen LogP contribution in [-0.4, -0.2) is 37.8 Å². The fourth-order valence-electron chi connectivity index (χ4n) is 2.55. The first-order chi connectivity index (χ1) is 14.1. The molecule has 2 aromatic carbocycles. The van der Waals surface area contributed by atoms with Gasteiger partial charge in [0, 0.05) is 17.2 Å². The minimum atomic E-state index is -0.579. The predicted molar refractivity (Wildman–Crippen MR) is 104 cm³/mol. The summed E-state index contributed by atoms with van der Waals surface area (Å²) < 4.78 is 20.9. The van der Waals surface area contributed by atoms with Crippen molar-refractivity contribution in [1.29, 1.82) is 0 Å². The molecule has 3 rings (SSSR count). The maximum absolute atomic E-state index is 11.9. The van der Waals surface area contributed by atoms with Crippen molar-refractivity contribution in [3.8, 4) is 22.8 Å². The van der Waals surface area contributed by atoms with Gasteiger partial charge in [0.05, 0.1) is 14.2 Å². The van der Waals surface area contributed by atoms with Crippen molar-refractivity contribution in [2.45, 2.75) is 6.61 Å². The third-order valence-corrected chi connectivity index (χ3v) is 4.04. The third-order valence-electron chi connectivity index (χ3n) is 4.04. The van der Waals surface area contributed by atoms with Gasteiger partial charge in [0.1, 0.15) is 18.8 Å². The smallest absolute Gasteiger partial charge is 0.325 e. The summed E-state index contributed by atoms with van der Waals surface area (Å²) >= 11 is 0. The van der Waals surface area contributed by atoms with Gasteiger partial charge in [-0.05, 0) is 30.3 Å². The Balaban J connectivity index is 1.52. The molecule has 0 aliphatic rings. The maximum Gasteiger partial charge on any atom is 0.325 e. The van der Waals surface area contributed by atoms with Crippen molar-refractivity contribution in [1.82, 2.24) is 10.5 Å². The van der Waals surface area contributed by atoms with Gasteiger partial charge in [-0.25, -0.2) is 0 Å². The van der Waals surface area contributed by atoms with Gasteiger partial charge in [-0.2, -0.15) is 0 Å². The van der Waals surface area contributed by atoms with E-state index in [-0.39, 0.29) is 19.1 Å². The first-order valence-corrected chi connectivity index (χ1v) is 8.77. The first kappa shape index (κ1) is 19.9. The molecule has 1 N–H and O–H groups in total. The van der Waals surface area contributed by atoms with Crippen LogP contribution in [0.25, 0.3) is 11.3 Å². The lowest BCUT2D eigenvalue weighted by atomic mass is 10.1. The molecule has 0 aliphatic heterocycles. The summed E-state index contributed by atoms with van der Waals surface area (Å²) in [6.07, 6.45) is 0. The van der Waals surface area contributed by atoms with Crippen molar-refractivity contribution in [3.63, 3.8) is 0 Å². The van der Waals surface area contributed by atoms with E-state index in [2.05, 4.69) is 10.5 Å². The molecule has 0 aliphatic carbocycles. The molecule has 1 heterocycles. The van der Waals surface area contributed by atoms with Crippen LogP contribution >= 0.6 is 0 Å². The Hall–Kier alpha value is -3.81. The van der Waals surface area contributed by atoms with Crippen LogP contribution in [0.1, 0.15) is 16.1 Å². The molecule has 0 unspecified atom stereocenters. The van der Waals surface area contributed by atoms with Crippen molar-refractivity contribution in [2.24, 2.45) is 0 Å². The molecule has 29 heavy (non-hydrogen) atoms. The number of carbonyl (C=O) groups is 2. The minimum absolute atomic E-state index is 0.0726. The van der Waals surface area contributed by atoms with Gasteiger partial charge in [-0.15, -0.1) is 0 Å². The van der Waals surface area contributed by atoms with Crippen molar-refractivity contribution in [2.75, 3.05) is 20.8 Å². The van der Waals surface area contributed by atoms with E-state index in [9.17, 15) is 9.59 Å². The number of hydrogen-bond acceptors (Lipinski definition) is 7. The Labute approximate surface area is 167 Å². The molecular weight excluding hydrogens is 376 g/mol. The lowest BCUT2D eigenvalue weighted by Gasteiger charge is -2.07. The topological polar surface area (TPSA) is 99.9 Å². The van der Waals surface area contributed by atoms with E-state index in [1.807, 2.05) is 0 Å². The number of hydrogen-bond donors (Lipinski definition) is 1. The summed E-state index contributed by atoms with van der Waals surface area (Å²) in [5.41, 5.74) is 1.65. The molecule has 8 heteroatoms. The van der Waals surface area contributed by atoms with Crippen LogP contribution < -0.4 is 14.8 Å². The molecule has 1 aromatic heterocycles. The number of methoxy groups -OCH3 is 2. The zero-order valence-electron chi connectivity index (χ0n) is 16.0. The Kier molecular flexibility index (Phi) is 6.47. The number of aromatic nitrogens is 1. The zero-order valence-corrected chi connectivity index (χ0v) is 16.0. The molecular formula is C21H20N2O6. The molecule has 0 bridgehead atoms. The Bertz CT molecular complexity index is 984. The second kappa shape index (κ2) is 9.41. The van der Waals surface area contributed by atoms with E-state index in [0.29, 0.717) is 28.5 Å². The normalized spacial score (nSPS) is 10.3. The summed E-state index contributed by atoms with van der Waals surface area (Å²) in [5.74, 6) is 0.727. The summed E-state index contributed by atoms with van der Waals surface area (Å²) in [6, 6.07) is 15.6. The molecule has 8 nitrogen and oxygen atoms in total. The molecule has 0 saturated heterocycles. The highest BCUT2D eigenvalue weighted by molar-refractivity contribution is 5.95. The van der Waals surface area contributed by atoms with Gasteiger partial charge < -0.3 is 24.1 Å². The highest BCUT2D eigenvalue weighted by Gasteiger charge is 2.13. The van der Waals surface area contributed by atoms with Gasteiger partial charge in [0.15, 0.2) is 17.3 Å². The number of amides is 1. The second-order valence-corrected chi connectivity index (χ2v) is 5.96. The van der Waals surface area contributed by atoms with E-state index in [0.717, 1.165) is 5.56 Å². The van der Waals surface area contributed by atoms with E-state index < -0.39 is 5.97 Å². The number of benzene rings is 2. The standard InChI is InChI=1S/C21H20N2O6/c1-26-17-9-8-15(10-19(17)27-2)18-11-16(23-29-18)13-28-20(24)12-22-21(25)14-6-4-3-5-7-14/h3-11H,12-13H2,1-2H3,(H,22,25). The SMILES string of the molecule is COc1ccc(-c2cc(COC(=O)CNC(=O)c3ccccc3)no2)cc1OC. The van der Waals surface area contributed by atoms with E-state index >= 15 is 0 Å². The van der Waals surface area contributed by atoms with Gasteiger partial charge in [0.25, 0.3) is 5.91 Å². The third kappa shape index (κ3) is 5.13. The quantitative estimate of drug-likeness (QED) is 0.585. The number of ether oxygens (including phenoxy) is 3. The summed E-state index contributed by atoms with van der Waals surface area (Å²) in [6.45, 7) is -0.315. The van der Waals surface area contributed by atoms with Gasteiger partial charge in [-0.1, -0.05) is 23.4 Å². The monoisotopic (exact) mass is 396 g/mol. The van der Waals surface area contributed by atoms with Crippen LogP contribution in [0, 0.1) is 0 Å². The zero-order chi connectivity index (χ0) is 20.6. The number of nitrogens with zero attached hydrogens (tertiary/aromatic N) is 1. The summed E-state index contributed by atoms with van der Waals surface area (Å²) in [5, 5.41) is 6.40. The highest BCUT2D eigenvalue weighted by atomic mass is 16.5. The molecule has 3 aromatic rings. The fraction of sp³-hybridized carbons (Fsp3) is 0.190. The van der Waals surface area contributed by atoms with Crippen molar-refractivity contribution < 1.29 is 28.3 Å². The molecule has 0 fully saturated rings. The summed E-state index contributed by atoms with van der Waals surface area (Å²) in [4.78, 5) is 23.8. The minimum Gasteiger partial charge on any atom is -0.493 e. The van der Waals surface area contributed by atoms with Gasteiger partial charge in [0.2, 0.25) is 0 Å². The van der Waals surface area contributed by atoms with Crippen LogP contribution in [0.2, 0.25) is 0 Å². The fourth-order valence-corrected chi connectivity index (χ4v) is 2.55. The van der Waals surface area contributed by atoms with Crippen LogP contribution in [0.4, 0.5) is 0 Å². The average Bonchev–Trinajstić information content (AvgIpc) is 3.25. The van der Waals surface area contributed by atoms with Gasteiger partial charge in [-0.3, -0.25) is 9.59 Å². The molecule has 0 atom stereocenters. The molecule has 150 valence electrons. The molecule has 0 radical (unpaired) electrons. The van der Waals surface area contributed by atoms with Crippen LogP contribution in [0.15, 0.2) is 59.1 Å². The molecule has 1 amide bonds. The van der Waals surface area contributed by atoms with E-state index in [1.54, 1.807) is 68.8 Å². The maximum atomic E-state index is 11.9. The van der Waals surface area contributed by atoms with Crippen molar-refractivity contribution >= 4 is 11.9 Å². The first-order valence-electron chi connectivity index (χ1n) is 8.77. The van der Waals surface area contributed by atoms with Crippen LogP contribution in [0.5, 0.6) is 11.5 Å². The average molecular weight is 396 g/mol. The van der Waals surface area contributed by atoms with E-state index in [4.69, 9.17) is 18.7 Å². The number of carbonyl (C=O) groups excluding carboxylic acids is 2. The largest absolute Gasteiger partial charge is 0.493 e.